The van der Waals surface area contributed by atoms with E-state index in [0.29, 0.717) is 11.5 Å². The highest BCUT2D eigenvalue weighted by atomic mass is 19.4. The summed E-state index contributed by atoms with van der Waals surface area (Å²) in [5.41, 5.74) is 0.145. The Balaban J connectivity index is 1.75. The van der Waals surface area contributed by atoms with E-state index < -0.39 is 41.4 Å². The minimum Gasteiger partial charge on any atom is -0.430 e. The molecule has 33 heavy (non-hydrogen) atoms. The van der Waals surface area contributed by atoms with Gasteiger partial charge in [-0.2, -0.15) is 22.0 Å². The average molecular weight is 480 g/mol. The highest BCUT2D eigenvalue weighted by molar-refractivity contribution is 5.66. The molecule has 1 fully saturated rings. The third-order valence-corrected chi connectivity index (χ3v) is 6.06. The van der Waals surface area contributed by atoms with E-state index >= 15 is 0 Å². The lowest BCUT2D eigenvalue weighted by atomic mass is 9.77. The predicted octanol–water partition coefficient (Wildman–Crippen LogP) is 8.58. The van der Waals surface area contributed by atoms with E-state index in [2.05, 4.69) is 11.7 Å². The van der Waals surface area contributed by atoms with Crippen molar-refractivity contribution < 1.29 is 39.9 Å². The first-order valence-electron chi connectivity index (χ1n) is 10.8. The summed E-state index contributed by atoms with van der Waals surface area (Å²) in [5.74, 6) is -1.76. The molecule has 1 nitrogen and oxygen atoms in total. The van der Waals surface area contributed by atoms with Gasteiger partial charge in [0.25, 0.3) is 6.17 Å². The number of rotatable bonds is 7. The van der Waals surface area contributed by atoms with Crippen molar-refractivity contribution >= 4 is 0 Å². The summed E-state index contributed by atoms with van der Waals surface area (Å²) in [6, 6.07) is 6.16. The molecule has 0 amide bonds. The molecule has 1 aliphatic carbocycles. The summed E-state index contributed by atoms with van der Waals surface area (Å²) in [4.78, 5) is 0. The molecule has 0 N–H and O–H groups in total. The first-order valence-corrected chi connectivity index (χ1v) is 10.8. The number of benzene rings is 2. The van der Waals surface area contributed by atoms with E-state index in [1.54, 1.807) is 0 Å². The molecule has 1 saturated carbocycles. The second kappa shape index (κ2) is 9.89. The van der Waals surface area contributed by atoms with E-state index in [4.69, 9.17) is 0 Å². The summed E-state index contributed by atoms with van der Waals surface area (Å²) >= 11 is 0. The summed E-state index contributed by atoms with van der Waals surface area (Å²) in [6.07, 6.45) is -9.56. The fourth-order valence-corrected chi connectivity index (χ4v) is 4.39. The van der Waals surface area contributed by atoms with E-state index in [1.807, 2.05) is 0 Å². The molecule has 1 unspecified atom stereocenters. The summed E-state index contributed by atoms with van der Waals surface area (Å²) in [6.45, 7) is 2.13. The van der Waals surface area contributed by atoms with Crippen LogP contribution in [0.3, 0.4) is 0 Å². The van der Waals surface area contributed by atoms with Crippen molar-refractivity contribution in [2.45, 2.75) is 69.8 Å². The molecule has 1 aliphatic rings. The normalized spacial score (nSPS) is 20.5. The molecule has 1 atom stereocenters. The molecule has 0 saturated heterocycles. The Hall–Kier alpha value is -2.32. The van der Waals surface area contributed by atoms with Crippen molar-refractivity contribution in [3.8, 4) is 16.9 Å². The second-order valence-corrected chi connectivity index (χ2v) is 8.46. The molecule has 0 aromatic heterocycles. The largest absolute Gasteiger partial charge is 0.439 e. The highest BCUT2D eigenvalue weighted by Crippen LogP contribution is 2.40. The molecule has 0 heterocycles. The summed E-state index contributed by atoms with van der Waals surface area (Å²) < 4.78 is 110. The van der Waals surface area contributed by atoms with Crippen LogP contribution in [0.4, 0.5) is 35.1 Å². The van der Waals surface area contributed by atoms with Gasteiger partial charge in [0.2, 0.25) is 0 Å². The van der Waals surface area contributed by atoms with Crippen LogP contribution in [0.25, 0.3) is 11.1 Å². The number of alkyl halides is 6. The lowest BCUT2D eigenvalue weighted by molar-refractivity contribution is -0.304. The number of halogens is 8. The minimum absolute atomic E-state index is 0.0218. The monoisotopic (exact) mass is 480 g/mol. The Labute approximate surface area is 186 Å². The molecule has 9 heteroatoms. The zero-order valence-electron chi connectivity index (χ0n) is 17.9. The first-order chi connectivity index (χ1) is 15.4. The molecule has 0 radical (unpaired) electrons. The van der Waals surface area contributed by atoms with Crippen LogP contribution >= 0.6 is 0 Å². The number of hydrogen-bond acceptors (Lipinski definition) is 1. The van der Waals surface area contributed by atoms with Crippen LogP contribution in [0.15, 0.2) is 36.4 Å². The Morgan fingerprint density at radius 1 is 0.909 bits per heavy atom. The summed E-state index contributed by atoms with van der Waals surface area (Å²) in [5, 5.41) is 0. The summed E-state index contributed by atoms with van der Waals surface area (Å²) in [7, 11) is 0. The molecule has 0 bridgehead atoms. The lowest BCUT2D eigenvalue weighted by Gasteiger charge is -2.29. The first kappa shape index (κ1) is 25.3. The molecule has 0 aliphatic heterocycles. The Bertz CT molecular complexity index is 907. The fourth-order valence-electron chi connectivity index (χ4n) is 4.39. The zero-order chi connectivity index (χ0) is 24.4. The van der Waals surface area contributed by atoms with Crippen LogP contribution in [-0.4, -0.2) is 18.5 Å². The van der Waals surface area contributed by atoms with Crippen molar-refractivity contribution in [1.82, 2.24) is 0 Å². The van der Waals surface area contributed by atoms with Gasteiger partial charge in [-0.3, -0.25) is 0 Å². The third kappa shape index (κ3) is 5.98. The molecule has 2 aromatic rings. The Morgan fingerprint density at radius 3 is 1.94 bits per heavy atom. The van der Waals surface area contributed by atoms with Gasteiger partial charge in [-0.05, 0) is 72.9 Å². The van der Waals surface area contributed by atoms with E-state index in [-0.39, 0.29) is 11.5 Å². The maximum absolute atomic E-state index is 14.8. The SMILES string of the molecule is CCCC1CCC(c2cc(F)c(-c3ccc(OC(F)(F)C(F)C(F)(F)F)cc3)c(F)c2)CC1. The minimum atomic E-state index is -5.81. The maximum Gasteiger partial charge on any atom is 0.439 e. The topological polar surface area (TPSA) is 9.23 Å². The predicted molar refractivity (Wildman–Crippen MR) is 108 cm³/mol. The van der Waals surface area contributed by atoms with Gasteiger partial charge in [-0.15, -0.1) is 0 Å². The van der Waals surface area contributed by atoms with E-state index in [1.165, 1.54) is 12.1 Å². The van der Waals surface area contributed by atoms with Gasteiger partial charge >= 0.3 is 12.3 Å². The Morgan fingerprint density at radius 2 is 1.45 bits per heavy atom. The van der Waals surface area contributed by atoms with Crippen LogP contribution in [0, 0.1) is 17.6 Å². The van der Waals surface area contributed by atoms with E-state index in [0.717, 1.165) is 62.8 Å². The van der Waals surface area contributed by atoms with Gasteiger partial charge in [-0.1, -0.05) is 31.9 Å². The number of ether oxygens (including phenoxy) is 1. The van der Waals surface area contributed by atoms with E-state index in [9.17, 15) is 35.1 Å². The highest BCUT2D eigenvalue weighted by Gasteiger charge is 2.59. The quantitative estimate of drug-likeness (QED) is 0.361. The third-order valence-electron chi connectivity index (χ3n) is 6.06. The second-order valence-electron chi connectivity index (χ2n) is 8.46. The molecular formula is C24H24F8O. The van der Waals surface area contributed by atoms with Crippen molar-refractivity contribution in [2.75, 3.05) is 0 Å². The van der Waals surface area contributed by atoms with Crippen LogP contribution in [0.2, 0.25) is 0 Å². The molecule has 0 spiro atoms. The van der Waals surface area contributed by atoms with Gasteiger partial charge in [0.15, 0.2) is 0 Å². The molecule has 3 rings (SSSR count). The fraction of sp³-hybridized carbons (Fsp3) is 0.500. The maximum atomic E-state index is 14.8. The van der Waals surface area contributed by atoms with Gasteiger partial charge in [0.1, 0.15) is 17.4 Å². The van der Waals surface area contributed by atoms with Crippen LogP contribution in [-0.2, 0) is 0 Å². The van der Waals surface area contributed by atoms with Gasteiger partial charge < -0.3 is 4.74 Å². The standard InChI is InChI=1S/C24H24F8O/c1-2-3-14-4-6-15(7-5-14)17-12-19(25)21(20(26)13-17)16-8-10-18(11-9-16)33-24(31,32)22(27)23(28,29)30/h8-15,22H,2-7H2,1H3. The Kier molecular flexibility index (Phi) is 7.59. The lowest BCUT2D eigenvalue weighted by Crippen LogP contribution is -2.45. The van der Waals surface area contributed by atoms with Crippen LogP contribution in [0.5, 0.6) is 5.75 Å². The van der Waals surface area contributed by atoms with Gasteiger partial charge in [0, 0.05) is 0 Å². The smallest absolute Gasteiger partial charge is 0.430 e. The van der Waals surface area contributed by atoms with Crippen molar-refractivity contribution in [2.24, 2.45) is 5.92 Å². The van der Waals surface area contributed by atoms with Crippen LogP contribution in [0.1, 0.15) is 56.9 Å². The van der Waals surface area contributed by atoms with Crippen molar-refractivity contribution in [3.05, 3.63) is 53.6 Å². The van der Waals surface area contributed by atoms with Crippen LogP contribution < -0.4 is 4.74 Å². The van der Waals surface area contributed by atoms with Gasteiger partial charge in [0.05, 0.1) is 5.56 Å². The zero-order valence-corrected chi connectivity index (χ0v) is 17.9. The van der Waals surface area contributed by atoms with Gasteiger partial charge in [-0.25, -0.2) is 13.2 Å². The van der Waals surface area contributed by atoms with Crippen molar-refractivity contribution in [3.63, 3.8) is 0 Å². The molecule has 182 valence electrons. The number of hydrogen-bond donors (Lipinski definition) is 0. The average Bonchev–Trinajstić information content (AvgIpc) is 2.74. The van der Waals surface area contributed by atoms with Crippen molar-refractivity contribution in [1.29, 1.82) is 0 Å². The molecule has 2 aromatic carbocycles. The molecular weight excluding hydrogens is 456 g/mol.